The van der Waals surface area contributed by atoms with E-state index in [2.05, 4.69) is 61.5 Å². The van der Waals surface area contributed by atoms with Crippen LogP contribution in [-0.2, 0) is 25.9 Å². The van der Waals surface area contributed by atoms with E-state index in [-0.39, 0.29) is 61.9 Å². The quantitative estimate of drug-likeness (QED) is 0.0662. The topological polar surface area (TPSA) is 174 Å². The Balaban J connectivity index is 0.000000206. The number of hydrogen-bond acceptors (Lipinski definition) is 9. The first-order valence-electron chi connectivity index (χ1n) is 21.7. The lowest BCUT2D eigenvalue weighted by atomic mass is 10.00. The zero-order valence-corrected chi connectivity index (χ0v) is 38.8. The van der Waals surface area contributed by atoms with Gasteiger partial charge in [-0.1, -0.05) is 87.6 Å². The molecule has 6 N–H and O–H groups in total. The fourth-order valence-corrected chi connectivity index (χ4v) is 8.13. The van der Waals surface area contributed by atoms with Gasteiger partial charge in [0.2, 0.25) is 0 Å². The third-order valence-corrected chi connectivity index (χ3v) is 11.6. The summed E-state index contributed by atoms with van der Waals surface area (Å²) in [6.45, 7) is 4.93. The number of pyridine rings is 2. The maximum absolute atomic E-state index is 13.2. The summed E-state index contributed by atoms with van der Waals surface area (Å²) >= 11 is 0. The highest BCUT2D eigenvalue weighted by molar-refractivity contribution is 14.0. The van der Waals surface area contributed by atoms with Gasteiger partial charge < -0.3 is 35.2 Å². The number of fused-ring (bicyclic) bond motifs is 4. The molecule has 6 heterocycles. The first-order chi connectivity index (χ1) is 32.0. The first-order valence-corrected chi connectivity index (χ1v) is 21.7. The van der Waals surface area contributed by atoms with Crippen LogP contribution in [0.25, 0.3) is 33.5 Å². The molecular weight excluding hydrogens is 994 g/mol. The summed E-state index contributed by atoms with van der Waals surface area (Å²) in [4.78, 5) is 36.3. The van der Waals surface area contributed by atoms with E-state index in [9.17, 15) is 28.6 Å². The van der Waals surface area contributed by atoms with E-state index in [0.717, 1.165) is 61.3 Å². The number of imidazole rings is 2. The number of nitrogens with zero attached hydrogens (tertiary/aromatic N) is 6. The number of carbonyl (C=O) groups is 2. The lowest BCUT2D eigenvalue weighted by Crippen LogP contribution is -2.45. The molecular formula is C53H59F2IN8O5. The molecule has 2 aliphatic heterocycles. The zero-order chi connectivity index (χ0) is 46.2. The van der Waals surface area contributed by atoms with E-state index in [0.29, 0.717) is 30.9 Å². The number of aromatic carboxylic acids is 1. The summed E-state index contributed by atoms with van der Waals surface area (Å²) in [5.74, 6) is -2.07. The smallest absolute Gasteiger partial charge is 0.356 e. The van der Waals surface area contributed by atoms with Crippen LogP contribution in [0.15, 0.2) is 146 Å². The van der Waals surface area contributed by atoms with Crippen LogP contribution in [0.4, 0.5) is 8.78 Å². The molecule has 0 saturated carbocycles. The van der Waals surface area contributed by atoms with Crippen LogP contribution in [0.2, 0.25) is 0 Å². The monoisotopic (exact) mass is 1050 g/mol. The Morgan fingerprint density at radius 2 is 1.06 bits per heavy atom. The molecule has 10 rings (SSSR count). The molecule has 4 aromatic carbocycles. The molecule has 0 radical (unpaired) electrons. The maximum Gasteiger partial charge on any atom is 0.356 e. The Bertz CT molecular complexity index is 2950. The molecule has 4 aromatic heterocycles. The number of nitrogens with two attached hydrogens (primary N) is 1. The second-order valence-electron chi connectivity index (χ2n) is 16.3. The van der Waals surface area contributed by atoms with Crippen molar-refractivity contribution in [1.82, 2.24) is 33.9 Å². The van der Waals surface area contributed by atoms with E-state index in [1.54, 1.807) is 57.7 Å². The lowest BCUT2D eigenvalue weighted by Gasteiger charge is -2.30. The summed E-state index contributed by atoms with van der Waals surface area (Å²) in [6, 6.07) is 36.4. The average Bonchev–Trinajstić information content (AvgIpc) is 3.97. The number of benzene rings is 4. The van der Waals surface area contributed by atoms with Crippen LogP contribution in [0, 0.1) is 11.6 Å². The van der Waals surface area contributed by atoms with Crippen molar-refractivity contribution in [3.63, 3.8) is 0 Å². The minimum absolute atomic E-state index is 0. The van der Waals surface area contributed by atoms with Crippen molar-refractivity contribution in [2.75, 3.05) is 32.7 Å². The molecule has 13 nitrogen and oxygen atoms in total. The van der Waals surface area contributed by atoms with Crippen molar-refractivity contribution in [3.05, 3.63) is 191 Å². The number of halogens is 3. The van der Waals surface area contributed by atoms with Gasteiger partial charge in [0.1, 0.15) is 34.9 Å². The zero-order valence-electron chi connectivity index (χ0n) is 36.5. The number of carbonyl (C=O) groups excluding carboxylic acids is 1. The number of amides is 1. The molecule has 2 unspecified atom stereocenters. The Morgan fingerprint density at radius 3 is 1.52 bits per heavy atom. The highest BCUT2D eigenvalue weighted by Crippen LogP contribution is 2.24. The van der Waals surface area contributed by atoms with Crippen LogP contribution in [0.5, 0.6) is 0 Å². The molecule has 16 heteroatoms. The summed E-state index contributed by atoms with van der Waals surface area (Å²) in [5, 5.41) is 31.4. The number of β-amino-alcohol motifs (C(OH)–C–C–N with tert-alkyl or cyclic N) is 2. The number of hydrogen-bond donors (Lipinski definition) is 5. The summed E-state index contributed by atoms with van der Waals surface area (Å²) in [5.41, 5.74) is 15.6. The van der Waals surface area contributed by atoms with Gasteiger partial charge in [-0.05, 0) is 106 Å². The second-order valence-corrected chi connectivity index (χ2v) is 16.3. The van der Waals surface area contributed by atoms with E-state index in [1.807, 2.05) is 30.3 Å². The van der Waals surface area contributed by atoms with Crippen LogP contribution in [-0.4, -0.2) is 101 Å². The van der Waals surface area contributed by atoms with Crippen LogP contribution in [0.1, 0.15) is 58.1 Å². The predicted octanol–water partition coefficient (Wildman–Crippen LogP) is 8.34. The van der Waals surface area contributed by atoms with Gasteiger partial charge in [-0.2, -0.15) is 0 Å². The Morgan fingerprint density at radius 1 is 0.623 bits per heavy atom. The molecule has 0 fully saturated rings. The highest BCUT2D eigenvalue weighted by atomic mass is 127. The second kappa shape index (κ2) is 24.7. The number of aliphatic hydroxyl groups is 2. The standard InChI is InChI=1S/C25H23FN4O2.C14H9FN2O2.C12H18N2O.2CH4.HI/c26-21-7-5-18(6-8-21)19-10-12-30-15-22(27-23(30)13-19)25(32)28-24(31)16-29-11-9-17-3-1-2-4-20(17)14-29;15-11-3-1-9(2-4-11)10-5-6-17-8-12(14(18)19)16-13(17)7-10;13-7-12(15)9-14-6-5-10-3-1-2-4-11(10)8-14;;;/h1-8,10,12-13,15,24,31H,9,11,14,16H2,(H,28,32);1-8H,(H,18,19);1-4,12,15H,5-9,13H2;2*1H4;1H. The van der Waals surface area contributed by atoms with Crippen LogP contribution < -0.4 is 11.1 Å². The molecule has 0 saturated heterocycles. The van der Waals surface area contributed by atoms with Crippen LogP contribution in [0.3, 0.4) is 0 Å². The van der Waals surface area contributed by atoms with Crippen molar-refractivity contribution in [3.8, 4) is 22.3 Å². The molecule has 0 bridgehead atoms. The number of aromatic nitrogens is 4. The highest BCUT2D eigenvalue weighted by Gasteiger charge is 2.21. The molecule has 0 aliphatic carbocycles. The van der Waals surface area contributed by atoms with Gasteiger partial charge >= 0.3 is 5.97 Å². The number of carboxylic acid groups (broad SMARTS) is 1. The van der Waals surface area contributed by atoms with Gasteiger partial charge in [-0.15, -0.1) is 24.0 Å². The normalized spacial score (nSPS) is 13.9. The fraction of sp³-hybridized carbons (Fsp3) is 0.245. The number of rotatable bonds is 10. The lowest BCUT2D eigenvalue weighted by molar-refractivity contribution is 0.0612. The first kappa shape index (κ1) is 53.5. The van der Waals surface area contributed by atoms with E-state index in [4.69, 9.17) is 10.8 Å². The molecule has 362 valence electrons. The predicted molar refractivity (Wildman–Crippen MR) is 276 cm³/mol. The molecule has 0 spiro atoms. The SMILES string of the molecule is C.C.I.NCC(O)CN1CCc2ccccc2C1.O=C(NC(O)CN1CCc2ccccc2C1)c1cn2ccc(-c3ccc(F)cc3)cc2n1.O=C(O)c1cn2ccc(-c3ccc(F)cc3)cc2n1. The van der Waals surface area contributed by atoms with Crippen molar-refractivity contribution >= 4 is 47.1 Å². The van der Waals surface area contributed by atoms with E-state index in [1.165, 1.54) is 52.7 Å². The van der Waals surface area contributed by atoms with Gasteiger partial charge in [0.05, 0.1) is 6.10 Å². The summed E-state index contributed by atoms with van der Waals surface area (Å²) in [7, 11) is 0. The van der Waals surface area contributed by atoms with Gasteiger partial charge in [0, 0.05) is 70.6 Å². The molecule has 1 amide bonds. The van der Waals surface area contributed by atoms with Crippen molar-refractivity contribution < 1.29 is 33.7 Å². The Hall–Kier alpha value is -6.41. The van der Waals surface area contributed by atoms with Crippen molar-refractivity contribution in [1.29, 1.82) is 0 Å². The molecule has 2 aliphatic rings. The minimum Gasteiger partial charge on any atom is -0.476 e. The Labute approximate surface area is 417 Å². The Kier molecular flexibility index (Phi) is 19.2. The largest absolute Gasteiger partial charge is 0.476 e. The number of aliphatic hydroxyl groups excluding tert-OH is 2. The van der Waals surface area contributed by atoms with Gasteiger partial charge in [0.15, 0.2) is 5.69 Å². The van der Waals surface area contributed by atoms with Crippen molar-refractivity contribution in [2.45, 2.75) is 53.1 Å². The van der Waals surface area contributed by atoms with Gasteiger partial charge in [-0.3, -0.25) is 14.6 Å². The minimum atomic E-state index is -1.06. The molecule has 2 atom stereocenters. The third kappa shape index (κ3) is 13.9. The van der Waals surface area contributed by atoms with Crippen molar-refractivity contribution in [2.24, 2.45) is 5.73 Å². The average molecular weight is 1050 g/mol. The van der Waals surface area contributed by atoms with Gasteiger partial charge in [-0.25, -0.2) is 23.5 Å². The number of nitrogens with one attached hydrogen (secondary N) is 1. The van der Waals surface area contributed by atoms with E-state index >= 15 is 0 Å². The van der Waals surface area contributed by atoms with E-state index < -0.39 is 24.2 Å². The summed E-state index contributed by atoms with van der Waals surface area (Å²) in [6.07, 6.45) is 7.23. The van der Waals surface area contributed by atoms with Gasteiger partial charge in [0.25, 0.3) is 5.91 Å². The summed E-state index contributed by atoms with van der Waals surface area (Å²) < 4.78 is 29.4. The third-order valence-electron chi connectivity index (χ3n) is 11.6. The number of carboxylic acids is 1. The fourth-order valence-electron chi connectivity index (χ4n) is 8.13. The molecule has 8 aromatic rings. The van der Waals surface area contributed by atoms with Crippen LogP contribution >= 0.6 is 24.0 Å². The maximum atomic E-state index is 13.2. The molecule has 69 heavy (non-hydrogen) atoms.